The molecule has 0 amide bonds. The molecule has 6 heteroatoms. The van der Waals surface area contributed by atoms with Gasteiger partial charge in [0, 0.05) is 10.9 Å². The first-order chi connectivity index (χ1) is 13.3. The van der Waals surface area contributed by atoms with Crippen LogP contribution in [0.25, 0.3) is 11.1 Å². The van der Waals surface area contributed by atoms with Crippen molar-refractivity contribution in [3.63, 3.8) is 0 Å². The van der Waals surface area contributed by atoms with Crippen LogP contribution in [0.3, 0.4) is 0 Å². The summed E-state index contributed by atoms with van der Waals surface area (Å²) in [4.78, 5) is 0. The molecule has 0 fully saturated rings. The van der Waals surface area contributed by atoms with Gasteiger partial charge in [0.05, 0.1) is 11.6 Å². The first-order valence-electron chi connectivity index (χ1n) is 8.32. The van der Waals surface area contributed by atoms with Crippen molar-refractivity contribution in [3.05, 3.63) is 64.5 Å². The van der Waals surface area contributed by atoms with Crippen LogP contribution in [0.4, 0.5) is 0 Å². The Balaban J connectivity index is 1.57. The van der Waals surface area contributed by atoms with Gasteiger partial charge in [0.15, 0.2) is 16.6 Å². The van der Waals surface area contributed by atoms with Gasteiger partial charge >= 0.3 is 0 Å². The average Bonchev–Trinajstić information content (AvgIpc) is 3.15. The summed E-state index contributed by atoms with van der Waals surface area (Å²) < 4.78 is 17.0. The molecular formula is C21H14N2O3S. The van der Waals surface area contributed by atoms with Crippen LogP contribution in [-0.2, 0) is 6.61 Å². The summed E-state index contributed by atoms with van der Waals surface area (Å²) in [6.45, 7) is 1.40. The Bertz CT molecular complexity index is 1060. The summed E-state index contributed by atoms with van der Waals surface area (Å²) in [5.41, 5.74) is 3.75. The summed E-state index contributed by atoms with van der Waals surface area (Å²) in [5, 5.41) is 21.0. The molecule has 2 heterocycles. The van der Waals surface area contributed by atoms with Gasteiger partial charge in [-0.05, 0) is 35.4 Å². The highest BCUT2D eigenvalue weighted by Gasteiger charge is 2.18. The summed E-state index contributed by atoms with van der Waals surface area (Å²) in [7, 11) is 0. The first kappa shape index (κ1) is 17.0. The standard InChI is InChI=1S/C21H14N2O3S/c22-10-14-1-3-15(4-2-14)12-26-21-17(11-23)18(13-27-21)16-5-6-19-20(9-16)25-8-7-24-19/h1-6,9,13H,7-8,12H2. The summed E-state index contributed by atoms with van der Waals surface area (Å²) in [6, 6.07) is 17.2. The van der Waals surface area contributed by atoms with Crippen molar-refractivity contribution in [2.24, 2.45) is 0 Å². The monoisotopic (exact) mass is 374 g/mol. The smallest absolute Gasteiger partial charge is 0.192 e. The number of benzene rings is 2. The van der Waals surface area contributed by atoms with Crippen LogP contribution in [0.15, 0.2) is 47.8 Å². The number of ether oxygens (including phenoxy) is 3. The molecule has 0 atom stereocenters. The third-order valence-corrected chi connectivity index (χ3v) is 5.06. The normalized spacial score (nSPS) is 12.1. The van der Waals surface area contributed by atoms with Crippen LogP contribution < -0.4 is 14.2 Å². The second-order valence-corrected chi connectivity index (χ2v) is 6.72. The van der Waals surface area contributed by atoms with Crippen molar-refractivity contribution in [2.75, 3.05) is 13.2 Å². The van der Waals surface area contributed by atoms with E-state index < -0.39 is 0 Å². The zero-order valence-electron chi connectivity index (χ0n) is 14.3. The molecule has 0 unspecified atom stereocenters. The van der Waals surface area contributed by atoms with Gasteiger partial charge < -0.3 is 14.2 Å². The van der Waals surface area contributed by atoms with E-state index in [1.54, 1.807) is 12.1 Å². The highest BCUT2D eigenvalue weighted by Crippen LogP contribution is 2.40. The Morgan fingerprint density at radius 2 is 1.74 bits per heavy atom. The maximum Gasteiger partial charge on any atom is 0.192 e. The fourth-order valence-electron chi connectivity index (χ4n) is 2.80. The lowest BCUT2D eigenvalue weighted by Gasteiger charge is -2.18. The number of rotatable bonds is 4. The van der Waals surface area contributed by atoms with Gasteiger partial charge in [-0.1, -0.05) is 18.2 Å². The fourth-order valence-corrected chi connectivity index (χ4v) is 3.68. The zero-order chi connectivity index (χ0) is 18.6. The molecule has 1 aliphatic heterocycles. The molecule has 0 radical (unpaired) electrons. The quantitative estimate of drug-likeness (QED) is 0.672. The van der Waals surface area contributed by atoms with E-state index in [9.17, 15) is 5.26 Å². The van der Waals surface area contributed by atoms with Gasteiger partial charge in [-0.25, -0.2) is 0 Å². The Labute approximate surface area is 160 Å². The van der Waals surface area contributed by atoms with Gasteiger partial charge in [-0.2, -0.15) is 10.5 Å². The lowest BCUT2D eigenvalue weighted by atomic mass is 10.0. The van der Waals surface area contributed by atoms with Crippen LogP contribution in [0.1, 0.15) is 16.7 Å². The minimum atomic E-state index is 0.335. The molecule has 0 aliphatic carbocycles. The predicted octanol–water partition coefficient (Wildman–Crippen LogP) is 4.51. The Kier molecular flexibility index (Phi) is 4.65. The average molecular weight is 374 g/mol. The number of thiophene rings is 1. The second kappa shape index (κ2) is 7.41. The fraction of sp³-hybridized carbons (Fsp3) is 0.143. The summed E-state index contributed by atoms with van der Waals surface area (Å²) in [5.74, 6) is 1.41. The van der Waals surface area contributed by atoms with Gasteiger partial charge in [-0.3, -0.25) is 0 Å². The molecule has 0 N–H and O–H groups in total. The van der Waals surface area contributed by atoms with E-state index in [-0.39, 0.29) is 0 Å². The molecule has 3 aromatic rings. The molecule has 5 nitrogen and oxygen atoms in total. The molecule has 0 bridgehead atoms. The summed E-state index contributed by atoms with van der Waals surface area (Å²) in [6.07, 6.45) is 0. The van der Waals surface area contributed by atoms with Gasteiger partial charge in [0.2, 0.25) is 0 Å². The molecule has 0 saturated heterocycles. The largest absolute Gasteiger partial charge is 0.486 e. The minimum absolute atomic E-state index is 0.335. The lowest BCUT2D eigenvalue weighted by molar-refractivity contribution is 0.171. The highest BCUT2D eigenvalue weighted by molar-refractivity contribution is 7.12. The molecule has 27 heavy (non-hydrogen) atoms. The molecule has 0 saturated carbocycles. The van der Waals surface area contributed by atoms with Crippen LogP contribution in [0.2, 0.25) is 0 Å². The number of nitrogens with zero attached hydrogens (tertiary/aromatic N) is 2. The van der Waals surface area contributed by atoms with Crippen molar-refractivity contribution in [1.29, 1.82) is 10.5 Å². The van der Waals surface area contributed by atoms with Gasteiger partial charge in [0.25, 0.3) is 0 Å². The van der Waals surface area contributed by atoms with E-state index in [1.165, 1.54) is 11.3 Å². The number of hydrogen-bond donors (Lipinski definition) is 0. The zero-order valence-corrected chi connectivity index (χ0v) is 15.1. The molecule has 1 aliphatic rings. The van der Waals surface area contributed by atoms with Crippen molar-refractivity contribution in [2.45, 2.75) is 6.61 Å². The number of nitriles is 2. The second-order valence-electron chi connectivity index (χ2n) is 5.88. The van der Waals surface area contributed by atoms with E-state index >= 15 is 0 Å². The number of hydrogen-bond acceptors (Lipinski definition) is 6. The lowest BCUT2D eigenvalue weighted by Crippen LogP contribution is -2.15. The van der Waals surface area contributed by atoms with E-state index in [2.05, 4.69) is 12.1 Å². The molecular weight excluding hydrogens is 360 g/mol. The maximum absolute atomic E-state index is 9.64. The highest BCUT2D eigenvalue weighted by atomic mass is 32.1. The first-order valence-corrected chi connectivity index (χ1v) is 9.20. The summed E-state index contributed by atoms with van der Waals surface area (Å²) >= 11 is 1.39. The molecule has 1 aromatic heterocycles. The third kappa shape index (κ3) is 3.44. The maximum atomic E-state index is 9.64. The van der Waals surface area contributed by atoms with Crippen LogP contribution in [-0.4, -0.2) is 13.2 Å². The molecule has 2 aromatic carbocycles. The van der Waals surface area contributed by atoms with Gasteiger partial charge in [0.1, 0.15) is 31.5 Å². The van der Waals surface area contributed by atoms with Crippen LogP contribution in [0.5, 0.6) is 16.6 Å². The topological polar surface area (TPSA) is 75.3 Å². The van der Waals surface area contributed by atoms with E-state index in [4.69, 9.17) is 19.5 Å². The van der Waals surface area contributed by atoms with Crippen LogP contribution >= 0.6 is 11.3 Å². The molecule has 132 valence electrons. The molecule has 0 spiro atoms. The number of fused-ring (bicyclic) bond motifs is 1. The minimum Gasteiger partial charge on any atom is -0.486 e. The Morgan fingerprint density at radius 3 is 2.48 bits per heavy atom. The molecule has 4 rings (SSSR count). The van der Waals surface area contributed by atoms with E-state index in [0.29, 0.717) is 41.8 Å². The van der Waals surface area contributed by atoms with E-state index in [1.807, 2.05) is 35.7 Å². The van der Waals surface area contributed by atoms with Crippen molar-refractivity contribution < 1.29 is 14.2 Å². The van der Waals surface area contributed by atoms with Crippen molar-refractivity contribution >= 4 is 11.3 Å². The van der Waals surface area contributed by atoms with Crippen LogP contribution in [0, 0.1) is 22.7 Å². The van der Waals surface area contributed by atoms with Crippen molar-refractivity contribution in [3.8, 4) is 39.8 Å². The predicted molar refractivity (Wildman–Crippen MR) is 101 cm³/mol. The van der Waals surface area contributed by atoms with E-state index in [0.717, 1.165) is 22.4 Å². The van der Waals surface area contributed by atoms with Gasteiger partial charge in [-0.15, -0.1) is 11.3 Å². The SMILES string of the molecule is N#Cc1ccc(COc2scc(-c3ccc4c(c3)OCCO4)c2C#N)cc1. The Morgan fingerprint density at radius 1 is 0.963 bits per heavy atom. The van der Waals surface area contributed by atoms with Crippen molar-refractivity contribution in [1.82, 2.24) is 0 Å². The Hall–Kier alpha value is -3.48. The third-order valence-electron chi connectivity index (χ3n) is 4.18.